The highest BCUT2D eigenvalue weighted by molar-refractivity contribution is 6.52. The summed E-state index contributed by atoms with van der Waals surface area (Å²) in [4.78, 5) is 3.81. The van der Waals surface area contributed by atoms with Gasteiger partial charge in [0.05, 0.1) is 7.11 Å². The molecule has 0 fully saturated rings. The minimum atomic E-state index is -0.682. The summed E-state index contributed by atoms with van der Waals surface area (Å²) in [6, 6.07) is 0.247. The predicted octanol–water partition coefficient (Wildman–Crippen LogP) is 0.205. The maximum Gasteiger partial charge on any atom is 0.410 e. The average Bonchev–Trinajstić information content (AvgIpc) is 2.34. The molecule has 0 atom stereocenters. The van der Waals surface area contributed by atoms with Crippen LogP contribution < -0.4 is 9.96 Å². The first-order valence-electron chi connectivity index (χ1n) is 3.16. The summed E-state index contributed by atoms with van der Waals surface area (Å²) in [7, 11) is 0.808. The van der Waals surface area contributed by atoms with E-state index >= 15 is 0 Å². The molecule has 0 unspecified atom stereocenters. The van der Waals surface area contributed by atoms with Gasteiger partial charge in [0, 0.05) is 0 Å². The number of aromatic nitrogens is 1. The van der Waals surface area contributed by atoms with E-state index in [-0.39, 0.29) is 6.01 Å². The number of ether oxygens (including phenoxy) is 1. The SMILES string of the molecule is COc1coc(NB(C)O)n1. The first-order chi connectivity index (χ1) is 5.22. The second-order valence-corrected chi connectivity index (χ2v) is 2.02. The van der Waals surface area contributed by atoms with Gasteiger partial charge in [-0.1, -0.05) is 0 Å². The van der Waals surface area contributed by atoms with Crippen molar-refractivity contribution in [3.8, 4) is 5.88 Å². The first kappa shape index (κ1) is 7.94. The number of nitrogens with one attached hydrogen (secondary N) is 1. The molecule has 6 heteroatoms. The van der Waals surface area contributed by atoms with Crippen molar-refractivity contribution in [2.24, 2.45) is 0 Å². The molecule has 0 radical (unpaired) electrons. The van der Waals surface area contributed by atoms with Crippen LogP contribution in [0.4, 0.5) is 6.01 Å². The van der Waals surface area contributed by atoms with Gasteiger partial charge in [-0.3, -0.25) is 0 Å². The maximum atomic E-state index is 8.84. The van der Waals surface area contributed by atoms with Crippen LogP contribution in [0, 0.1) is 0 Å². The highest BCUT2D eigenvalue weighted by Gasteiger charge is 2.07. The van der Waals surface area contributed by atoms with E-state index in [0.29, 0.717) is 5.88 Å². The lowest BCUT2D eigenvalue weighted by atomic mass is 9.90. The summed E-state index contributed by atoms with van der Waals surface area (Å²) in [6.45, 7) is 1.57. The Morgan fingerprint density at radius 2 is 2.55 bits per heavy atom. The van der Waals surface area contributed by atoms with Gasteiger partial charge in [-0.05, 0) is 6.82 Å². The second kappa shape index (κ2) is 3.29. The van der Waals surface area contributed by atoms with Crippen molar-refractivity contribution in [3.63, 3.8) is 0 Å². The number of methoxy groups -OCH3 is 1. The summed E-state index contributed by atoms with van der Waals surface area (Å²) in [5, 5.41) is 11.4. The summed E-state index contributed by atoms with van der Waals surface area (Å²) >= 11 is 0. The van der Waals surface area contributed by atoms with Crippen molar-refractivity contribution >= 4 is 13.1 Å². The largest absolute Gasteiger partial charge is 0.479 e. The highest BCUT2D eigenvalue weighted by atomic mass is 16.5. The molecule has 0 aliphatic carbocycles. The molecule has 0 aliphatic rings. The van der Waals surface area contributed by atoms with Crippen molar-refractivity contribution in [1.82, 2.24) is 4.98 Å². The molecule has 0 aliphatic heterocycles. The summed E-state index contributed by atoms with van der Waals surface area (Å²) in [5.41, 5.74) is 0. The standard InChI is InChI=1S/C5H9BN2O3/c1-6(9)8-5-7-4(10-2)3-11-5/h3,9H,1-2H3,(H,7,8). The van der Waals surface area contributed by atoms with Gasteiger partial charge in [0.2, 0.25) is 0 Å². The van der Waals surface area contributed by atoms with Crippen LogP contribution in [0.3, 0.4) is 0 Å². The van der Waals surface area contributed by atoms with Gasteiger partial charge < -0.3 is 19.4 Å². The smallest absolute Gasteiger partial charge is 0.410 e. The van der Waals surface area contributed by atoms with Gasteiger partial charge in [0.1, 0.15) is 0 Å². The van der Waals surface area contributed by atoms with Crippen molar-refractivity contribution in [3.05, 3.63) is 6.26 Å². The predicted molar refractivity (Wildman–Crippen MR) is 40.5 cm³/mol. The number of hydrogen-bond acceptors (Lipinski definition) is 5. The highest BCUT2D eigenvalue weighted by Crippen LogP contribution is 2.12. The van der Waals surface area contributed by atoms with E-state index in [0.717, 1.165) is 0 Å². The fraction of sp³-hybridized carbons (Fsp3) is 0.400. The lowest BCUT2D eigenvalue weighted by Gasteiger charge is -1.96. The van der Waals surface area contributed by atoms with Gasteiger partial charge in [-0.15, -0.1) is 0 Å². The van der Waals surface area contributed by atoms with Crippen LogP contribution in [-0.2, 0) is 0 Å². The van der Waals surface area contributed by atoms with E-state index in [4.69, 9.17) is 14.2 Å². The van der Waals surface area contributed by atoms with E-state index in [1.54, 1.807) is 6.82 Å². The third-order valence-electron chi connectivity index (χ3n) is 1.02. The fourth-order valence-corrected chi connectivity index (χ4v) is 0.598. The third-order valence-corrected chi connectivity index (χ3v) is 1.02. The number of rotatable bonds is 3. The number of anilines is 1. The Balaban J connectivity index is 2.58. The van der Waals surface area contributed by atoms with Crippen LogP contribution in [0.25, 0.3) is 0 Å². The summed E-state index contributed by atoms with van der Waals surface area (Å²) in [5.74, 6) is 0.383. The molecule has 0 aromatic carbocycles. The van der Waals surface area contributed by atoms with Crippen LogP contribution in [0.15, 0.2) is 10.7 Å². The van der Waals surface area contributed by atoms with Gasteiger partial charge in [-0.2, -0.15) is 4.98 Å². The van der Waals surface area contributed by atoms with E-state index < -0.39 is 7.05 Å². The maximum absolute atomic E-state index is 8.84. The van der Waals surface area contributed by atoms with Crippen LogP contribution in [-0.4, -0.2) is 24.2 Å². The van der Waals surface area contributed by atoms with Gasteiger partial charge in [0.15, 0.2) is 6.26 Å². The molecular weight excluding hydrogens is 147 g/mol. The van der Waals surface area contributed by atoms with Gasteiger partial charge >= 0.3 is 7.05 Å². The Morgan fingerprint density at radius 3 is 3.00 bits per heavy atom. The second-order valence-electron chi connectivity index (χ2n) is 2.02. The quantitative estimate of drug-likeness (QED) is 0.612. The molecule has 2 N–H and O–H groups in total. The van der Waals surface area contributed by atoms with Gasteiger partial charge in [-0.25, -0.2) is 0 Å². The van der Waals surface area contributed by atoms with Gasteiger partial charge in [0.25, 0.3) is 11.9 Å². The molecule has 0 spiro atoms. The molecule has 11 heavy (non-hydrogen) atoms. The Kier molecular flexibility index (Phi) is 2.38. The molecule has 1 heterocycles. The zero-order valence-electron chi connectivity index (χ0n) is 6.37. The molecule has 1 aromatic rings. The molecule has 0 saturated carbocycles. The molecule has 60 valence electrons. The topological polar surface area (TPSA) is 67.5 Å². The fourth-order valence-electron chi connectivity index (χ4n) is 0.598. The van der Waals surface area contributed by atoms with E-state index in [9.17, 15) is 0 Å². The van der Waals surface area contributed by atoms with Crippen LogP contribution >= 0.6 is 0 Å². The number of oxazole rings is 1. The Labute approximate surface area is 64.5 Å². The molecular formula is C5H9BN2O3. The monoisotopic (exact) mass is 156 g/mol. The molecule has 1 aromatic heterocycles. The third kappa shape index (κ3) is 2.16. The minimum absolute atomic E-state index is 0.247. The zero-order chi connectivity index (χ0) is 8.27. The molecule has 0 amide bonds. The Morgan fingerprint density at radius 1 is 1.82 bits per heavy atom. The molecule has 0 bridgehead atoms. The van der Waals surface area contributed by atoms with E-state index in [2.05, 4.69) is 10.2 Å². The van der Waals surface area contributed by atoms with Crippen molar-refractivity contribution in [1.29, 1.82) is 0 Å². The Hall–Kier alpha value is -1.17. The molecule has 0 saturated heterocycles. The van der Waals surface area contributed by atoms with Crippen LogP contribution in [0.5, 0.6) is 5.88 Å². The zero-order valence-corrected chi connectivity index (χ0v) is 6.37. The first-order valence-corrected chi connectivity index (χ1v) is 3.16. The van der Waals surface area contributed by atoms with E-state index in [1.165, 1.54) is 13.4 Å². The average molecular weight is 156 g/mol. The van der Waals surface area contributed by atoms with E-state index in [1.807, 2.05) is 0 Å². The number of hydrogen-bond donors (Lipinski definition) is 2. The van der Waals surface area contributed by atoms with Crippen LogP contribution in [0.2, 0.25) is 6.82 Å². The lowest BCUT2D eigenvalue weighted by Crippen LogP contribution is -2.19. The number of nitrogens with zero attached hydrogens (tertiary/aromatic N) is 1. The minimum Gasteiger partial charge on any atom is -0.479 e. The lowest BCUT2D eigenvalue weighted by molar-refractivity contribution is 0.395. The van der Waals surface area contributed by atoms with Crippen LogP contribution in [0.1, 0.15) is 0 Å². The Bertz CT molecular complexity index is 225. The summed E-state index contributed by atoms with van der Waals surface area (Å²) in [6.07, 6.45) is 1.35. The summed E-state index contributed by atoms with van der Waals surface area (Å²) < 4.78 is 9.61. The van der Waals surface area contributed by atoms with Crippen molar-refractivity contribution < 1.29 is 14.2 Å². The molecule has 5 nitrogen and oxygen atoms in total. The van der Waals surface area contributed by atoms with Crippen molar-refractivity contribution in [2.45, 2.75) is 6.82 Å². The normalized spacial score (nSPS) is 9.36. The molecule has 1 rings (SSSR count). The van der Waals surface area contributed by atoms with Crippen molar-refractivity contribution in [2.75, 3.05) is 12.3 Å².